The van der Waals surface area contributed by atoms with Gasteiger partial charge in [-0.05, 0) is 36.2 Å². The fraction of sp³-hybridized carbons (Fsp3) is 0.176. The highest BCUT2D eigenvalue weighted by Crippen LogP contribution is 2.33. The van der Waals surface area contributed by atoms with E-state index in [9.17, 15) is 9.59 Å². The lowest BCUT2D eigenvalue weighted by Crippen LogP contribution is -2.37. The fourth-order valence-electron chi connectivity index (χ4n) is 2.45. The van der Waals surface area contributed by atoms with Crippen LogP contribution in [0.5, 0.6) is 5.75 Å². The van der Waals surface area contributed by atoms with Gasteiger partial charge in [0.05, 0.1) is 10.6 Å². The van der Waals surface area contributed by atoms with E-state index in [-0.39, 0.29) is 12.2 Å². The molecule has 3 rings (SSSR count). The quantitative estimate of drug-likeness (QED) is 0.567. The van der Waals surface area contributed by atoms with Crippen LogP contribution in [-0.4, -0.2) is 18.0 Å². The monoisotopic (exact) mass is 394 g/mol. The number of benzene rings is 2. The smallest absolute Gasteiger partial charge is 0.353 e. The van der Waals surface area contributed by atoms with E-state index in [0.717, 1.165) is 10.0 Å². The molecule has 0 bridgehead atoms. The van der Waals surface area contributed by atoms with Crippen molar-refractivity contribution >= 4 is 39.5 Å². The maximum atomic E-state index is 12.3. The van der Waals surface area contributed by atoms with Crippen molar-refractivity contribution in [2.75, 3.05) is 0 Å². The molecule has 0 aromatic heterocycles. The van der Waals surface area contributed by atoms with E-state index in [0.29, 0.717) is 16.1 Å². The van der Waals surface area contributed by atoms with Crippen LogP contribution >= 0.6 is 27.5 Å². The van der Waals surface area contributed by atoms with Gasteiger partial charge in [0.1, 0.15) is 0 Å². The average Bonchev–Trinajstić information content (AvgIpc) is 2.50. The van der Waals surface area contributed by atoms with Crippen LogP contribution in [0.15, 0.2) is 40.9 Å². The summed E-state index contributed by atoms with van der Waals surface area (Å²) in [5.41, 5.74) is 1.96. The summed E-state index contributed by atoms with van der Waals surface area (Å²) < 4.78 is 11.3. The van der Waals surface area contributed by atoms with E-state index in [4.69, 9.17) is 21.1 Å². The molecular weight excluding hydrogens is 384 g/mol. The number of cyclic esters (lactones) is 1. The van der Waals surface area contributed by atoms with Gasteiger partial charge in [0.25, 0.3) is 0 Å². The van der Waals surface area contributed by atoms with Gasteiger partial charge < -0.3 is 9.47 Å². The number of esters is 2. The van der Waals surface area contributed by atoms with E-state index in [1.165, 1.54) is 0 Å². The van der Waals surface area contributed by atoms with Crippen molar-refractivity contribution in [3.8, 4) is 5.75 Å². The molecule has 1 heterocycles. The zero-order valence-corrected chi connectivity index (χ0v) is 14.5. The first-order valence-electron chi connectivity index (χ1n) is 6.92. The normalized spacial score (nSPS) is 16.5. The van der Waals surface area contributed by atoms with Gasteiger partial charge in [0, 0.05) is 10.9 Å². The summed E-state index contributed by atoms with van der Waals surface area (Å²) in [6.45, 7) is 1.78. The third-order valence-electron chi connectivity index (χ3n) is 3.55. The van der Waals surface area contributed by atoms with Crippen LogP contribution in [0.1, 0.15) is 21.5 Å². The Hall–Kier alpha value is -1.85. The maximum absolute atomic E-state index is 12.3. The average molecular weight is 396 g/mol. The summed E-state index contributed by atoms with van der Waals surface area (Å²) >= 11 is 9.43. The number of hydrogen-bond donors (Lipinski definition) is 0. The second kappa shape index (κ2) is 6.34. The summed E-state index contributed by atoms with van der Waals surface area (Å²) in [5, 5.41) is 0.313. The third kappa shape index (κ3) is 3.26. The molecule has 23 heavy (non-hydrogen) atoms. The van der Waals surface area contributed by atoms with Crippen LogP contribution in [0.25, 0.3) is 0 Å². The van der Waals surface area contributed by atoms with Crippen molar-refractivity contribution in [1.82, 2.24) is 0 Å². The van der Waals surface area contributed by atoms with Gasteiger partial charge >= 0.3 is 11.9 Å². The van der Waals surface area contributed by atoms with Gasteiger partial charge in [-0.1, -0.05) is 45.7 Å². The Labute approximate surface area is 146 Å². The minimum atomic E-state index is -0.975. The predicted octanol–water partition coefficient (Wildman–Crippen LogP) is 4.10. The number of halogens is 2. The van der Waals surface area contributed by atoms with Crippen molar-refractivity contribution in [3.63, 3.8) is 0 Å². The Balaban J connectivity index is 1.82. The van der Waals surface area contributed by atoms with Crippen LogP contribution in [0.3, 0.4) is 0 Å². The number of carbonyl (C=O) groups excluding carboxylic acids is 2. The Bertz CT molecular complexity index is 780. The van der Waals surface area contributed by atoms with Crippen LogP contribution in [0, 0.1) is 6.92 Å². The second-order valence-corrected chi connectivity index (χ2v) is 6.53. The first-order chi connectivity index (χ1) is 11.0. The fourth-order valence-corrected chi connectivity index (χ4v) is 3.46. The van der Waals surface area contributed by atoms with Crippen molar-refractivity contribution < 1.29 is 19.1 Å². The molecule has 118 valence electrons. The molecule has 4 nitrogen and oxygen atoms in total. The summed E-state index contributed by atoms with van der Waals surface area (Å²) in [6.07, 6.45) is -0.690. The molecule has 0 unspecified atom stereocenters. The SMILES string of the molecule is Cc1cc(Br)cc(Cl)c1OC(=O)[C@@H]1Cc2ccccc2C(=O)O1. The van der Waals surface area contributed by atoms with E-state index >= 15 is 0 Å². The van der Waals surface area contributed by atoms with Crippen molar-refractivity contribution in [2.45, 2.75) is 19.4 Å². The minimum absolute atomic E-state index is 0.273. The summed E-state index contributed by atoms with van der Waals surface area (Å²) in [4.78, 5) is 24.3. The molecule has 1 aliphatic rings. The van der Waals surface area contributed by atoms with Crippen molar-refractivity contribution in [2.24, 2.45) is 0 Å². The molecule has 0 fully saturated rings. The zero-order chi connectivity index (χ0) is 16.6. The Morgan fingerprint density at radius 2 is 2.09 bits per heavy atom. The van der Waals surface area contributed by atoms with Crippen molar-refractivity contribution in [1.29, 1.82) is 0 Å². The molecule has 1 aliphatic heterocycles. The number of aryl methyl sites for hydroxylation is 1. The molecule has 0 amide bonds. The maximum Gasteiger partial charge on any atom is 0.353 e. The highest BCUT2D eigenvalue weighted by Gasteiger charge is 2.33. The largest absolute Gasteiger partial charge is 0.446 e. The minimum Gasteiger partial charge on any atom is -0.446 e. The van der Waals surface area contributed by atoms with Crippen molar-refractivity contribution in [3.05, 3.63) is 62.6 Å². The van der Waals surface area contributed by atoms with Gasteiger partial charge in [-0.15, -0.1) is 0 Å². The molecule has 0 saturated carbocycles. The Morgan fingerprint density at radius 1 is 1.35 bits per heavy atom. The second-order valence-electron chi connectivity index (χ2n) is 5.21. The van der Waals surface area contributed by atoms with E-state index in [1.807, 2.05) is 6.07 Å². The van der Waals surface area contributed by atoms with Crippen LogP contribution in [0.2, 0.25) is 5.02 Å². The number of hydrogen-bond acceptors (Lipinski definition) is 4. The van der Waals surface area contributed by atoms with Gasteiger partial charge in [-0.25, -0.2) is 9.59 Å². The van der Waals surface area contributed by atoms with E-state index < -0.39 is 18.0 Å². The molecular formula is C17H12BrClO4. The molecule has 0 saturated heterocycles. The number of carbonyl (C=O) groups is 2. The first kappa shape index (κ1) is 16.0. The summed E-state index contributed by atoms with van der Waals surface area (Å²) in [6, 6.07) is 10.5. The lowest BCUT2D eigenvalue weighted by atomic mass is 9.99. The molecule has 1 atom stereocenters. The highest BCUT2D eigenvalue weighted by atomic mass is 79.9. The van der Waals surface area contributed by atoms with Gasteiger partial charge in [0.2, 0.25) is 6.10 Å². The zero-order valence-electron chi connectivity index (χ0n) is 12.1. The topological polar surface area (TPSA) is 52.6 Å². The van der Waals surface area contributed by atoms with Crippen LogP contribution in [-0.2, 0) is 16.0 Å². The Morgan fingerprint density at radius 3 is 2.83 bits per heavy atom. The van der Waals surface area contributed by atoms with Crippen LogP contribution < -0.4 is 4.74 Å². The molecule has 0 aliphatic carbocycles. The summed E-state index contributed by atoms with van der Waals surface area (Å²) in [5.74, 6) is -0.887. The summed E-state index contributed by atoms with van der Waals surface area (Å²) in [7, 11) is 0. The molecule has 0 radical (unpaired) electrons. The number of rotatable bonds is 2. The highest BCUT2D eigenvalue weighted by molar-refractivity contribution is 9.10. The standard InChI is InChI=1S/C17H12BrClO4/c1-9-6-11(18)8-13(19)15(9)23-17(21)14-7-10-4-2-3-5-12(10)16(20)22-14/h2-6,8,14H,7H2,1H3/t14-/m0/s1. The third-order valence-corrected chi connectivity index (χ3v) is 4.29. The van der Waals surface area contributed by atoms with Gasteiger partial charge in [-0.2, -0.15) is 0 Å². The Kier molecular flexibility index (Phi) is 4.41. The van der Waals surface area contributed by atoms with Gasteiger partial charge in [-0.3, -0.25) is 0 Å². The molecule has 6 heteroatoms. The predicted molar refractivity (Wildman–Crippen MR) is 88.9 cm³/mol. The number of fused-ring (bicyclic) bond motifs is 1. The molecule has 2 aromatic carbocycles. The lowest BCUT2D eigenvalue weighted by Gasteiger charge is -2.23. The molecule has 0 spiro atoms. The van der Waals surface area contributed by atoms with E-state index in [2.05, 4.69) is 15.9 Å². The molecule has 2 aromatic rings. The van der Waals surface area contributed by atoms with Gasteiger partial charge in [0.15, 0.2) is 5.75 Å². The van der Waals surface area contributed by atoms with Crippen LogP contribution in [0.4, 0.5) is 0 Å². The number of ether oxygens (including phenoxy) is 2. The molecule has 0 N–H and O–H groups in total. The van der Waals surface area contributed by atoms with E-state index in [1.54, 1.807) is 37.3 Å². The first-order valence-corrected chi connectivity index (χ1v) is 8.09. The lowest BCUT2D eigenvalue weighted by molar-refractivity contribution is -0.144.